The second-order valence-corrected chi connectivity index (χ2v) is 5.67. The molecule has 3 rings (SSSR count). The predicted molar refractivity (Wildman–Crippen MR) is 86.0 cm³/mol. The van der Waals surface area contributed by atoms with E-state index in [0.717, 1.165) is 23.6 Å². The zero-order valence-corrected chi connectivity index (χ0v) is 12.6. The predicted octanol–water partition coefficient (Wildman–Crippen LogP) is 3.80. The first-order valence-corrected chi connectivity index (χ1v) is 7.42. The van der Waals surface area contributed by atoms with Crippen molar-refractivity contribution in [1.29, 1.82) is 0 Å². The first-order chi connectivity index (χ1) is 10.2. The molecule has 1 atom stereocenters. The molecule has 1 aliphatic rings. The van der Waals surface area contributed by atoms with E-state index in [1.807, 2.05) is 36.4 Å². The summed E-state index contributed by atoms with van der Waals surface area (Å²) in [5.74, 6) is -0.0672. The van der Waals surface area contributed by atoms with Crippen LogP contribution in [0.1, 0.15) is 33.9 Å². The van der Waals surface area contributed by atoms with E-state index in [9.17, 15) is 4.79 Å². The largest absolute Gasteiger partial charge is 0.378 e. The summed E-state index contributed by atoms with van der Waals surface area (Å²) in [7, 11) is 1.63. The molecule has 0 heterocycles. The molecule has 0 saturated heterocycles. The standard InChI is InChI=1S/C17H17ClN2O/c1-19-17(21)11-2-6-14(7-3-11)20-16-9-4-12-10-13(18)5-8-15(12)16/h2-3,5-8,10,16,20H,4,9H2,1H3,(H,19,21). The average molecular weight is 301 g/mol. The maximum Gasteiger partial charge on any atom is 0.251 e. The number of hydrogen-bond acceptors (Lipinski definition) is 2. The summed E-state index contributed by atoms with van der Waals surface area (Å²) < 4.78 is 0. The second kappa shape index (κ2) is 5.78. The zero-order chi connectivity index (χ0) is 14.8. The van der Waals surface area contributed by atoms with Gasteiger partial charge in [0.15, 0.2) is 0 Å². The van der Waals surface area contributed by atoms with Crippen LogP contribution < -0.4 is 10.6 Å². The average Bonchev–Trinajstić information content (AvgIpc) is 2.89. The van der Waals surface area contributed by atoms with Crippen molar-refractivity contribution in [1.82, 2.24) is 5.32 Å². The molecule has 2 aromatic rings. The third-order valence-corrected chi connectivity index (χ3v) is 4.13. The van der Waals surface area contributed by atoms with Crippen molar-refractivity contribution >= 4 is 23.2 Å². The molecule has 0 spiro atoms. The zero-order valence-electron chi connectivity index (χ0n) is 11.8. The molecule has 4 heteroatoms. The number of nitrogens with one attached hydrogen (secondary N) is 2. The Morgan fingerprint density at radius 1 is 1.19 bits per heavy atom. The maximum absolute atomic E-state index is 11.5. The molecule has 0 aliphatic heterocycles. The molecule has 0 fully saturated rings. The minimum atomic E-state index is -0.0672. The van der Waals surface area contributed by atoms with Crippen LogP contribution in [0.15, 0.2) is 42.5 Å². The molecule has 2 aromatic carbocycles. The highest BCUT2D eigenvalue weighted by Gasteiger charge is 2.22. The van der Waals surface area contributed by atoms with Gasteiger partial charge in [0.05, 0.1) is 6.04 Å². The van der Waals surface area contributed by atoms with Crippen molar-refractivity contribution in [2.45, 2.75) is 18.9 Å². The summed E-state index contributed by atoms with van der Waals surface area (Å²) in [6, 6.07) is 13.9. The van der Waals surface area contributed by atoms with Crippen molar-refractivity contribution in [3.63, 3.8) is 0 Å². The quantitative estimate of drug-likeness (QED) is 0.905. The minimum Gasteiger partial charge on any atom is -0.378 e. The lowest BCUT2D eigenvalue weighted by Crippen LogP contribution is -2.17. The van der Waals surface area contributed by atoms with Gasteiger partial charge in [-0.2, -0.15) is 0 Å². The van der Waals surface area contributed by atoms with E-state index < -0.39 is 0 Å². The van der Waals surface area contributed by atoms with E-state index >= 15 is 0 Å². The molecule has 1 aliphatic carbocycles. The Labute approximate surface area is 129 Å². The Morgan fingerprint density at radius 2 is 1.95 bits per heavy atom. The Hall–Kier alpha value is -2.00. The van der Waals surface area contributed by atoms with Crippen LogP contribution >= 0.6 is 11.6 Å². The highest BCUT2D eigenvalue weighted by molar-refractivity contribution is 6.30. The lowest BCUT2D eigenvalue weighted by molar-refractivity contribution is 0.0963. The summed E-state index contributed by atoms with van der Waals surface area (Å²) >= 11 is 6.03. The summed E-state index contributed by atoms with van der Waals surface area (Å²) in [6.45, 7) is 0. The topological polar surface area (TPSA) is 41.1 Å². The van der Waals surface area contributed by atoms with Gasteiger partial charge in [0.2, 0.25) is 0 Å². The molecular weight excluding hydrogens is 284 g/mol. The molecule has 1 unspecified atom stereocenters. The first kappa shape index (κ1) is 14.0. The molecule has 3 nitrogen and oxygen atoms in total. The molecule has 0 saturated carbocycles. The molecule has 2 N–H and O–H groups in total. The van der Waals surface area contributed by atoms with E-state index in [1.54, 1.807) is 7.05 Å². The first-order valence-electron chi connectivity index (χ1n) is 7.04. The van der Waals surface area contributed by atoms with Gasteiger partial charge in [0, 0.05) is 23.3 Å². The number of halogens is 1. The van der Waals surface area contributed by atoms with E-state index in [4.69, 9.17) is 11.6 Å². The van der Waals surface area contributed by atoms with E-state index in [1.165, 1.54) is 11.1 Å². The van der Waals surface area contributed by atoms with Crippen molar-refractivity contribution < 1.29 is 4.79 Å². The highest BCUT2D eigenvalue weighted by atomic mass is 35.5. The number of benzene rings is 2. The fraction of sp³-hybridized carbons (Fsp3) is 0.235. The van der Waals surface area contributed by atoms with E-state index in [0.29, 0.717) is 11.6 Å². The number of hydrogen-bond donors (Lipinski definition) is 2. The number of fused-ring (bicyclic) bond motifs is 1. The van der Waals surface area contributed by atoms with Crippen molar-refractivity contribution in [3.05, 3.63) is 64.2 Å². The van der Waals surface area contributed by atoms with Gasteiger partial charge in [-0.1, -0.05) is 17.7 Å². The van der Waals surface area contributed by atoms with Crippen LogP contribution in [0.25, 0.3) is 0 Å². The van der Waals surface area contributed by atoms with Gasteiger partial charge in [0.25, 0.3) is 5.91 Å². The molecule has 1 amide bonds. The van der Waals surface area contributed by atoms with Gasteiger partial charge in [-0.15, -0.1) is 0 Å². The summed E-state index contributed by atoms with van der Waals surface area (Å²) in [6.07, 6.45) is 2.11. The van der Waals surface area contributed by atoms with Gasteiger partial charge in [-0.05, 0) is 60.4 Å². The molecule has 0 aromatic heterocycles. The molecule has 0 bridgehead atoms. The number of anilines is 1. The molecule has 0 radical (unpaired) electrons. The lowest BCUT2D eigenvalue weighted by Gasteiger charge is -2.16. The van der Waals surface area contributed by atoms with Crippen molar-refractivity contribution in [2.24, 2.45) is 0 Å². The van der Waals surface area contributed by atoms with Crippen LogP contribution in [0, 0.1) is 0 Å². The minimum absolute atomic E-state index is 0.0672. The van der Waals surface area contributed by atoms with Crippen LogP contribution in [-0.4, -0.2) is 13.0 Å². The van der Waals surface area contributed by atoms with Crippen LogP contribution in [0.5, 0.6) is 0 Å². The van der Waals surface area contributed by atoms with E-state index in [2.05, 4.69) is 16.7 Å². The molecule has 108 valence electrons. The highest BCUT2D eigenvalue weighted by Crippen LogP contribution is 2.35. The van der Waals surface area contributed by atoms with Crippen LogP contribution in [0.3, 0.4) is 0 Å². The number of carbonyl (C=O) groups is 1. The Bertz CT molecular complexity index is 667. The monoisotopic (exact) mass is 300 g/mol. The lowest BCUT2D eigenvalue weighted by atomic mass is 10.1. The normalized spacial score (nSPS) is 16.4. The van der Waals surface area contributed by atoms with Crippen molar-refractivity contribution in [2.75, 3.05) is 12.4 Å². The van der Waals surface area contributed by atoms with Gasteiger partial charge in [-0.3, -0.25) is 4.79 Å². The summed E-state index contributed by atoms with van der Waals surface area (Å²) in [4.78, 5) is 11.5. The fourth-order valence-corrected chi connectivity index (χ4v) is 2.99. The Balaban J connectivity index is 1.75. The SMILES string of the molecule is CNC(=O)c1ccc(NC2CCc3cc(Cl)ccc32)cc1. The smallest absolute Gasteiger partial charge is 0.251 e. The van der Waals surface area contributed by atoms with Gasteiger partial charge < -0.3 is 10.6 Å². The Kier molecular flexibility index (Phi) is 3.84. The summed E-state index contributed by atoms with van der Waals surface area (Å²) in [5, 5.41) is 6.94. The second-order valence-electron chi connectivity index (χ2n) is 5.24. The van der Waals surface area contributed by atoms with Gasteiger partial charge in [-0.25, -0.2) is 0 Å². The third kappa shape index (κ3) is 2.88. The molecular formula is C17H17ClN2O. The van der Waals surface area contributed by atoms with Crippen LogP contribution in [0.2, 0.25) is 5.02 Å². The maximum atomic E-state index is 11.5. The third-order valence-electron chi connectivity index (χ3n) is 3.90. The number of rotatable bonds is 3. The van der Waals surface area contributed by atoms with E-state index in [-0.39, 0.29) is 5.91 Å². The van der Waals surface area contributed by atoms with Crippen LogP contribution in [0.4, 0.5) is 5.69 Å². The number of aryl methyl sites for hydroxylation is 1. The van der Waals surface area contributed by atoms with Crippen molar-refractivity contribution in [3.8, 4) is 0 Å². The summed E-state index contributed by atoms with van der Waals surface area (Å²) in [5.41, 5.74) is 4.33. The fourth-order valence-electron chi connectivity index (χ4n) is 2.80. The molecule has 21 heavy (non-hydrogen) atoms. The van der Waals surface area contributed by atoms with Gasteiger partial charge >= 0.3 is 0 Å². The number of carbonyl (C=O) groups excluding carboxylic acids is 1. The van der Waals surface area contributed by atoms with Gasteiger partial charge in [0.1, 0.15) is 0 Å². The van der Waals surface area contributed by atoms with Crippen LogP contribution in [-0.2, 0) is 6.42 Å². The Morgan fingerprint density at radius 3 is 2.67 bits per heavy atom. The number of amides is 1.